The minimum absolute atomic E-state index is 0.327. The van der Waals surface area contributed by atoms with Crippen molar-refractivity contribution in [2.24, 2.45) is 0 Å². The van der Waals surface area contributed by atoms with Crippen LogP contribution >= 0.6 is 0 Å². The van der Waals surface area contributed by atoms with Gasteiger partial charge in [0.05, 0.1) is 0 Å². The molecular weight excluding hydrogens is 142 g/mol. The van der Waals surface area contributed by atoms with Crippen molar-refractivity contribution in [3.05, 3.63) is 12.0 Å². The molecule has 56 valence electrons. The molecule has 1 fully saturated rings. The maximum Gasteiger partial charge on any atom is 0.296 e. The molecule has 0 spiro atoms. The van der Waals surface area contributed by atoms with E-state index in [1.54, 1.807) is 0 Å². The van der Waals surface area contributed by atoms with Gasteiger partial charge in [-0.15, -0.1) is 0 Å². The molecule has 0 saturated heterocycles. The predicted octanol–water partition coefficient (Wildman–Crippen LogP) is 1.12. The molecule has 0 aliphatic heterocycles. The van der Waals surface area contributed by atoms with E-state index in [4.69, 9.17) is 9.68 Å². The molecule has 0 radical (unpaired) electrons. The van der Waals surface area contributed by atoms with Crippen molar-refractivity contribution >= 4 is 6.01 Å². The van der Waals surface area contributed by atoms with Crippen molar-refractivity contribution in [2.45, 2.75) is 18.9 Å². The van der Waals surface area contributed by atoms with Crippen LogP contribution in [0.2, 0.25) is 0 Å². The number of hydrogen-bond donors (Lipinski definition) is 1. The van der Waals surface area contributed by atoms with Crippen molar-refractivity contribution in [1.82, 2.24) is 4.98 Å². The van der Waals surface area contributed by atoms with Crippen LogP contribution in [0.1, 0.15) is 18.5 Å². The first kappa shape index (κ1) is 6.23. The van der Waals surface area contributed by atoms with Gasteiger partial charge in [-0.2, -0.15) is 10.2 Å². The third-order valence-electron chi connectivity index (χ3n) is 1.52. The Labute approximate surface area is 63.8 Å². The summed E-state index contributed by atoms with van der Waals surface area (Å²) in [5.74, 6) is 0. The summed E-state index contributed by atoms with van der Waals surface area (Å²) >= 11 is 0. The van der Waals surface area contributed by atoms with E-state index >= 15 is 0 Å². The monoisotopic (exact) mass is 149 g/mol. The minimum Gasteiger partial charge on any atom is -0.431 e. The first-order valence-electron chi connectivity index (χ1n) is 3.50. The third-order valence-corrected chi connectivity index (χ3v) is 1.52. The first-order chi connectivity index (χ1) is 5.38. The summed E-state index contributed by atoms with van der Waals surface area (Å²) in [7, 11) is 0. The van der Waals surface area contributed by atoms with Crippen LogP contribution in [-0.2, 0) is 0 Å². The maximum atomic E-state index is 8.40. The SMILES string of the molecule is N#Cc1coc(NC2CC2)n1. The molecule has 1 N–H and O–H groups in total. The summed E-state index contributed by atoms with van der Waals surface area (Å²) < 4.78 is 4.96. The molecule has 1 aliphatic carbocycles. The number of nitriles is 1. The lowest BCUT2D eigenvalue weighted by atomic mass is 10.6. The van der Waals surface area contributed by atoms with Crippen LogP contribution in [-0.4, -0.2) is 11.0 Å². The van der Waals surface area contributed by atoms with Crippen LogP contribution in [0.4, 0.5) is 6.01 Å². The van der Waals surface area contributed by atoms with Gasteiger partial charge in [0.25, 0.3) is 6.01 Å². The normalized spacial score (nSPS) is 15.9. The Kier molecular flexibility index (Phi) is 1.29. The fourth-order valence-corrected chi connectivity index (χ4v) is 0.794. The first-order valence-corrected chi connectivity index (χ1v) is 3.50. The summed E-state index contributed by atoms with van der Waals surface area (Å²) in [6, 6.07) is 2.87. The molecule has 0 aromatic carbocycles. The fraction of sp³-hybridized carbons (Fsp3) is 0.429. The zero-order valence-electron chi connectivity index (χ0n) is 5.87. The van der Waals surface area contributed by atoms with E-state index in [2.05, 4.69) is 10.3 Å². The number of anilines is 1. The summed E-state index contributed by atoms with van der Waals surface area (Å²) in [5, 5.41) is 11.4. The Morgan fingerprint density at radius 1 is 1.73 bits per heavy atom. The number of rotatable bonds is 2. The van der Waals surface area contributed by atoms with E-state index in [-0.39, 0.29) is 0 Å². The van der Waals surface area contributed by atoms with Crippen LogP contribution in [0.3, 0.4) is 0 Å². The van der Waals surface area contributed by atoms with Crippen molar-refractivity contribution in [2.75, 3.05) is 5.32 Å². The average molecular weight is 149 g/mol. The van der Waals surface area contributed by atoms with Crippen LogP contribution in [0.5, 0.6) is 0 Å². The Morgan fingerprint density at radius 3 is 3.09 bits per heavy atom. The van der Waals surface area contributed by atoms with Gasteiger partial charge in [0.15, 0.2) is 5.69 Å². The molecule has 1 aliphatic rings. The average Bonchev–Trinajstić information content (AvgIpc) is 2.68. The molecule has 0 atom stereocenters. The van der Waals surface area contributed by atoms with Crippen molar-refractivity contribution in [3.63, 3.8) is 0 Å². The molecule has 11 heavy (non-hydrogen) atoms. The van der Waals surface area contributed by atoms with Crippen molar-refractivity contribution in [1.29, 1.82) is 5.26 Å². The Bertz CT molecular complexity index is 295. The number of hydrogen-bond acceptors (Lipinski definition) is 4. The molecule has 4 nitrogen and oxygen atoms in total. The minimum atomic E-state index is 0.327. The zero-order valence-corrected chi connectivity index (χ0v) is 5.87. The molecule has 1 aromatic rings. The van der Waals surface area contributed by atoms with E-state index < -0.39 is 0 Å². The summed E-state index contributed by atoms with van der Waals surface area (Å²) in [4.78, 5) is 3.87. The summed E-state index contributed by atoms with van der Waals surface area (Å²) in [5.41, 5.74) is 0.327. The molecule has 0 bridgehead atoms. The highest BCUT2D eigenvalue weighted by Crippen LogP contribution is 2.23. The van der Waals surface area contributed by atoms with Gasteiger partial charge in [-0.3, -0.25) is 0 Å². The highest BCUT2D eigenvalue weighted by molar-refractivity contribution is 5.29. The van der Waals surface area contributed by atoms with Crippen LogP contribution in [0.25, 0.3) is 0 Å². The fourth-order valence-electron chi connectivity index (χ4n) is 0.794. The van der Waals surface area contributed by atoms with Gasteiger partial charge in [-0.25, -0.2) is 0 Å². The highest BCUT2D eigenvalue weighted by atomic mass is 16.4. The zero-order chi connectivity index (χ0) is 7.68. The molecule has 0 unspecified atom stereocenters. The standard InChI is InChI=1S/C7H7N3O/c8-3-6-4-11-7(10-6)9-5-1-2-5/h4-5H,1-2H2,(H,9,10). The maximum absolute atomic E-state index is 8.40. The highest BCUT2D eigenvalue weighted by Gasteiger charge is 2.22. The van der Waals surface area contributed by atoms with Gasteiger partial charge in [0.1, 0.15) is 12.3 Å². The molecule has 2 rings (SSSR count). The van der Waals surface area contributed by atoms with Gasteiger partial charge in [-0.1, -0.05) is 0 Å². The molecule has 1 saturated carbocycles. The largest absolute Gasteiger partial charge is 0.431 e. The van der Waals surface area contributed by atoms with Crippen LogP contribution in [0.15, 0.2) is 10.7 Å². The Balaban J connectivity index is 2.07. The number of nitrogens with zero attached hydrogens (tertiary/aromatic N) is 2. The molecule has 1 aromatic heterocycles. The lowest BCUT2D eigenvalue weighted by Crippen LogP contribution is -2.00. The van der Waals surface area contributed by atoms with Gasteiger partial charge in [0, 0.05) is 6.04 Å². The quantitative estimate of drug-likeness (QED) is 0.684. The van der Waals surface area contributed by atoms with Gasteiger partial charge in [-0.05, 0) is 12.8 Å². The second kappa shape index (κ2) is 2.27. The van der Waals surface area contributed by atoms with Crippen molar-refractivity contribution < 1.29 is 4.42 Å². The van der Waals surface area contributed by atoms with E-state index in [9.17, 15) is 0 Å². The van der Waals surface area contributed by atoms with Gasteiger partial charge < -0.3 is 9.73 Å². The molecule has 0 amide bonds. The molecule has 4 heteroatoms. The van der Waals surface area contributed by atoms with E-state index in [1.807, 2.05) is 6.07 Å². The second-order valence-electron chi connectivity index (χ2n) is 2.57. The van der Waals surface area contributed by atoms with Gasteiger partial charge in [0.2, 0.25) is 0 Å². The Hall–Kier alpha value is -1.50. The van der Waals surface area contributed by atoms with Crippen LogP contribution in [0, 0.1) is 11.3 Å². The Morgan fingerprint density at radius 2 is 2.55 bits per heavy atom. The van der Waals surface area contributed by atoms with E-state index in [1.165, 1.54) is 19.1 Å². The predicted molar refractivity (Wildman–Crippen MR) is 37.9 cm³/mol. The van der Waals surface area contributed by atoms with Gasteiger partial charge >= 0.3 is 0 Å². The summed E-state index contributed by atoms with van der Waals surface area (Å²) in [6.07, 6.45) is 3.69. The third kappa shape index (κ3) is 1.32. The van der Waals surface area contributed by atoms with Crippen LogP contribution < -0.4 is 5.32 Å². The van der Waals surface area contributed by atoms with E-state index in [0.29, 0.717) is 17.8 Å². The van der Waals surface area contributed by atoms with Crippen molar-refractivity contribution in [3.8, 4) is 6.07 Å². The summed E-state index contributed by atoms with van der Waals surface area (Å²) in [6.45, 7) is 0. The smallest absolute Gasteiger partial charge is 0.296 e. The topological polar surface area (TPSA) is 61.9 Å². The number of oxazole rings is 1. The van der Waals surface area contributed by atoms with E-state index in [0.717, 1.165) is 0 Å². The number of aromatic nitrogens is 1. The lowest BCUT2D eigenvalue weighted by Gasteiger charge is -1.93. The number of nitrogens with one attached hydrogen (secondary N) is 1. The molecular formula is C7H7N3O. The second-order valence-corrected chi connectivity index (χ2v) is 2.57. The lowest BCUT2D eigenvalue weighted by molar-refractivity contribution is 0.570. The molecule has 1 heterocycles.